The van der Waals surface area contributed by atoms with Gasteiger partial charge in [-0.3, -0.25) is 14.5 Å². The summed E-state index contributed by atoms with van der Waals surface area (Å²) in [7, 11) is 0. The molecular formula is C26H25N3O5S. The van der Waals surface area contributed by atoms with E-state index in [9.17, 15) is 14.4 Å². The number of ether oxygens (including phenoxy) is 2. The highest BCUT2D eigenvalue weighted by Crippen LogP contribution is 2.36. The van der Waals surface area contributed by atoms with Crippen LogP contribution in [0.4, 0.5) is 4.79 Å². The fourth-order valence-corrected chi connectivity index (χ4v) is 5.08. The molecule has 2 aliphatic rings. The maximum Gasteiger partial charge on any atom is 0.325 e. The zero-order chi connectivity index (χ0) is 24.4. The monoisotopic (exact) mass is 491 g/mol. The van der Waals surface area contributed by atoms with Crippen LogP contribution >= 0.6 is 11.3 Å². The molecule has 2 unspecified atom stereocenters. The van der Waals surface area contributed by atoms with Gasteiger partial charge < -0.3 is 20.1 Å². The summed E-state index contributed by atoms with van der Waals surface area (Å²) in [4.78, 5) is 41.1. The lowest BCUT2D eigenvalue weighted by molar-refractivity contribution is -0.135. The zero-order valence-corrected chi connectivity index (χ0v) is 20.0. The van der Waals surface area contributed by atoms with Gasteiger partial charge in [-0.1, -0.05) is 42.5 Å². The summed E-state index contributed by atoms with van der Waals surface area (Å²) in [6.07, 6.45) is 0.759. The highest BCUT2D eigenvalue weighted by molar-refractivity contribution is 7.10. The Hall–Kier alpha value is -3.85. The third-order valence-corrected chi connectivity index (χ3v) is 7.10. The summed E-state index contributed by atoms with van der Waals surface area (Å²) >= 11 is 1.52. The van der Waals surface area contributed by atoms with E-state index >= 15 is 0 Å². The minimum atomic E-state index is -1.32. The van der Waals surface area contributed by atoms with Crippen molar-refractivity contribution < 1.29 is 23.9 Å². The average molecular weight is 492 g/mol. The lowest BCUT2D eigenvalue weighted by Gasteiger charge is -2.23. The molecule has 2 aliphatic heterocycles. The number of carbonyl (C=O) groups is 3. The number of hydrogen-bond acceptors (Lipinski definition) is 6. The van der Waals surface area contributed by atoms with Crippen molar-refractivity contribution in [3.63, 3.8) is 0 Å². The van der Waals surface area contributed by atoms with Crippen molar-refractivity contribution in [1.29, 1.82) is 0 Å². The van der Waals surface area contributed by atoms with E-state index in [-0.39, 0.29) is 12.6 Å². The molecule has 4 amide bonds. The molecule has 9 heteroatoms. The maximum atomic E-state index is 13.4. The van der Waals surface area contributed by atoms with Gasteiger partial charge in [0.05, 0.1) is 19.3 Å². The first kappa shape index (κ1) is 22.9. The van der Waals surface area contributed by atoms with Gasteiger partial charge in [0.15, 0.2) is 11.5 Å². The largest absolute Gasteiger partial charge is 0.490 e. The normalized spacial score (nSPS) is 20.2. The molecule has 0 saturated carbocycles. The van der Waals surface area contributed by atoms with E-state index in [0.29, 0.717) is 30.3 Å². The molecule has 8 nitrogen and oxygen atoms in total. The zero-order valence-electron chi connectivity index (χ0n) is 19.2. The number of amides is 4. The summed E-state index contributed by atoms with van der Waals surface area (Å²) in [5.74, 6) is 0.197. The van der Waals surface area contributed by atoms with Crippen molar-refractivity contribution in [1.82, 2.24) is 15.5 Å². The Bertz CT molecular complexity index is 1250. The minimum Gasteiger partial charge on any atom is -0.490 e. The smallest absolute Gasteiger partial charge is 0.325 e. The summed E-state index contributed by atoms with van der Waals surface area (Å²) in [5, 5.41) is 7.67. The van der Waals surface area contributed by atoms with Crippen LogP contribution < -0.4 is 20.1 Å². The predicted octanol–water partition coefficient (Wildman–Crippen LogP) is 3.58. The summed E-state index contributed by atoms with van der Waals surface area (Å²) in [5.41, 5.74) is 0.149. The second kappa shape index (κ2) is 9.42. The molecule has 0 bridgehead atoms. The molecule has 2 N–H and O–H groups in total. The van der Waals surface area contributed by atoms with Crippen molar-refractivity contribution in [2.24, 2.45) is 0 Å². The Morgan fingerprint density at radius 3 is 2.60 bits per heavy atom. The fourth-order valence-electron chi connectivity index (χ4n) is 4.28. The Labute approximate surface area is 206 Å². The molecule has 0 spiro atoms. The molecule has 1 saturated heterocycles. The topological polar surface area (TPSA) is 97.0 Å². The Kier molecular flexibility index (Phi) is 6.17. The fraction of sp³-hybridized carbons (Fsp3) is 0.269. The number of benzene rings is 2. The molecule has 5 rings (SSSR count). The van der Waals surface area contributed by atoms with E-state index in [0.717, 1.165) is 21.8 Å². The Morgan fingerprint density at radius 1 is 1.09 bits per heavy atom. The first-order valence-electron chi connectivity index (χ1n) is 11.4. The number of nitrogens with zero attached hydrogens (tertiary/aromatic N) is 1. The lowest BCUT2D eigenvalue weighted by atomic mass is 9.91. The number of rotatable bonds is 6. The van der Waals surface area contributed by atoms with Crippen LogP contribution in [0.5, 0.6) is 11.5 Å². The predicted molar refractivity (Wildman–Crippen MR) is 130 cm³/mol. The highest BCUT2D eigenvalue weighted by Gasteiger charge is 2.50. The van der Waals surface area contributed by atoms with E-state index < -0.39 is 23.4 Å². The van der Waals surface area contributed by atoms with Crippen molar-refractivity contribution in [2.75, 3.05) is 19.8 Å². The SMILES string of the molecule is CC1(c2ccc3c(c2)OCCCO3)NC(=O)N(CC(=O)NC(c2ccccc2)c2cccs2)C1=O. The second-order valence-electron chi connectivity index (χ2n) is 8.59. The van der Waals surface area contributed by atoms with E-state index in [1.165, 1.54) is 11.3 Å². The van der Waals surface area contributed by atoms with Crippen LogP contribution in [-0.4, -0.2) is 42.5 Å². The molecule has 35 heavy (non-hydrogen) atoms. The van der Waals surface area contributed by atoms with Gasteiger partial charge in [-0.25, -0.2) is 4.79 Å². The number of imide groups is 1. The highest BCUT2D eigenvalue weighted by atomic mass is 32.1. The third kappa shape index (κ3) is 4.46. The van der Waals surface area contributed by atoms with Crippen LogP contribution in [0, 0.1) is 0 Å². The molecule has 3 aromatic rings. The summed E-state index contributed by atoms with van der Waals surface area (Å²) in [6.45, 7) is 2.30. The summed E-state index contributed by atoms with van der Waals surface area (Å²) in [6, 6.07) is 17.6. The molecule has 1 aromatic heterocycles. The molecule has 2 aromatic carbocycles. The van der Waals surface area contributed by atoms with Gasteiger partial charge in [0.2, 0.25) is 5.91 Å². The van der Waals surface area contributed by atoms with E-state index in [1.54, 1.807) is 25.1 Å². The molecule has 2 atom stereocenters. The van der Waals surface area contributed by atoms with Crippen LogP contribution in [0.15, 0.2) is 66.0 Å². The molecular weight excluding hydrogens is 466 g/mol. The van der Waals surface area contributed by atoms with Gasteiger partial charge in [-0.15, -0.1) is 11.3 Å². The van der Waals surface area contributed by atoms with Crippen molar-refractivity contribution >= 4 is 29.2 Å². The first-order valence-corrected chi connectivity index (χ1v) is 12.3. The van der Waals surface area contributed by atoms with Crippen LogP contribution in [0.2, 0.25) is 0 Å². The van der Waals surface area contributed by atoms with Crippen LogP contribution in [0.1, 0.15) is 35.4 Å². The van der Waals surface area contributed by atoms with Crippen molar-refractivity contribution in [2.45, 2.75) is 24.9 Å². The second-order valence-corrected chi connectivity index (χ2v) is 9.56. The van der Waals surface area contributed by atoms with Gasteiger partial charge >= 0.3 is 6.03 Å². The van der Waals surface area contributed by atoms with Crippen LogP contribution in [0.3, 0.4) is 0 Å². The van der Waals surface area contributed by atoms with E-state index in [1.807, 2.05) is 47.8 Å². The van der Waals surface area contributed by atoms with Crippen molar-refractivity contribution in [3.8, 4) is 11.5 Å². The first-order chi connectivity index (χ1) is 17.0. The van der Waals surface area contributed by atoms with E-state index in [2.05, 4.69) is 10.6 Å². The number of fused-ring (bicyclic) bond motifs is 1. The number of carbonyl (C=O) groups excluding carboxylic acids is 3. The Morgan fingerprint density at radius 2 is 1.86 bits per heavy atom. The molecule has 3 heterocycles. The average Bonchev–Trinajstić information content (AvgIpc) is 3.38. The van der Waals surface area contributed by atoms with Crippen LogP contribution in [-0.2, 0) is 15.1 Å². The van der Waals surface area contributed by atoms with Gasteiger partial charge in [0.25, 0.3) is 5.91 Å². The lowest BCUT2D eigenvalue weighted by Crippen LogP contribution is -2.44. The van der Waals surface area contributed by atoms with Crippen LogP contribution in [0.25, 0.3) is 0 Å². The standard InChI is InChI=1S/C26H25N3O5S/c1-26(18-10-11-19-20(15-18)34-13-6-12-33-19)24(31)29(25(32)28-26)16-22(30)27-23(21-9-5-14-35-21)17-7-3-2-4-8-17/h2-5,7-11,14-15,23H,6,12-13,16H2,1H3,(H,27,30)(H,28,32). The molecule has 0 aliphatic carbocycles. The van der Waals surface area contributed by atoms with Gasteiger partial charge in [-0.05, 0) is 41.6 Å². The third-order valence-electron chi connectivity index (χ3n) is 6.17. The molecule has 180 valence electrons. The van der Waals surface area contributed by atoms with Crippen molar-refractivity contribution in [3.05, 3.63) is 82.0 Å². The maximum absolute atomic E-state index is 13.4. The number of thiophene rings is 1. The minimum absolute atomic E-state index is 0.377. The van der Waals surface area contributed by atoms with Gasteiger partial charge in [0.1, 0.15) is 12.1 Å². The van der Waals surface area contributed by atoms with Gasteiger partial charge in [-0.2, -0.15) is 0 Å². The van der Waals surface area contributed by atoms with E-state index in [4.69, 9.17) is 9.47 Å². The number of urea groups is 1. The number of hydrogen-bond donors (Lipinski definition) is 2. The summed E-state index contributed by atoms with van der Waals surface area (Å²) < 4.78 is 11.4. The quantitative estimate of drug-likeness (QED) is 0.514. The molecule has 1 fully saturated rings. The Balaban J connectivity index is 1.34. The van der Waals surface area contributed by atoms with Gasteiger partial charge in [0, 0.05) is 11.3 Å². The number of nitrogens with one attached hydrogen (secondary N) is 2. The molecule has 0 radical (unpaired) electrons.